The second-order valence-electron chi connectivity index (χ2n) is 5.06. The van der Waals surface area contributed by atoms with Gasteiger partial charge >= 0.3 is 6.09 Å². The van der Waals surface area contributed by atoms with Crippen LogP contribution in [0.1, 0.15) is 12.8 Å². The largest absolute Gasteiger partial charge is 0.415 e. The Morgan fingerprint density at radius 2 is 1.86 bits per heavy atom. The molecule has 8 heteroatoms. The molecule has 0 aliphatic carbocycles. The maximum absolute atomic E-state index is 11.9. The third-order valence-corrected chi connectivity index (χ3v) is 3.40. The minimum absolute atomic E-state index is 0.0498. The van der Waals surface area contributed by atoms with Crippen molar-refractivity contribution in [3.63, 3.8) is 0 Å². The minimum atomic E-state index is -0.679. The Kier molecular flexibility index (Phi) is 4.92. The van der Waals surface area contributed by atoms with E-state index in [-0.39, 0.29) is 23.9 Å². The molecule has 1 fully saturated rings. The molecular formula is C14H17N3O5. The molecule has 0 bridgehead atoms. The van der Waals surface area contributed by atoms with Crippen molar-refractivity contribution in [1.29, 1.82) is 0 Å². The second-order valence-corrected chi connectivity index (χ2v) is 5.06. The van der Waals surface area contributed by atoms with Crippen LogP contribution in [0.2, 0.25) is 0 Å². The van der Waals surface area contributed by atoms with E-state index < -0.39 is 11.0 Å². The SMILES string of the molecule is CN(CC(=O)N1CCCC1)C(=O)Oc1ccc([N+](=O)[O-])cc1. The fraction of sp³-hybridized carbons (Fsp3) is 0.429. The highest BCUT2D eigenvalue weighted by Crippen LogP contribution is 2.18. The number of nitro groups is 1. The first-order valence-electron chi connectivity index (χ1n) is 6.92. The molecular weight excluding hydrogens is 290 g/mol. The number of amides is 2. The third kappa shape index (κ3) is 3.94. The van der Waals surface area contributed by atoms with Gasteiger partial charge < -0.3 is 14.5 Å². The van der Waals surface area contributed by atoms with Crippen molar-refractivity contribution in [2.24, 2.45) is 0 Å². The number of likely N-dealkylation sites (N-methyl/N-ethyl adjacent to an activating group) is 1. The van der Waals surface area contributed by atoms with Crippen molar-refractivity contribution < 1.29 is 19.2 Å². The molecule has 0 aromatic heterocycles. The maximum atomic E-state index is 11.9. The smallest absolute Gasteiger partial charge is 0.410 e. The summed E-state index contributed by atoms with van der Waals surface area (Å²) in [4.78, 5) is 36.7. The van der Waals surface area contributed by atoms with Gasteiger partial charge in [0.25, 0.3) is 5.69 Å². The number of likely N-dealkylation sites (tertiary alicyclic amines) is 1. The van der Waals surface area contributed by atoms with Gasteiger partial charge in [0.05, 0.1) is 4.92 Å². The lowest BCUT2D eigenvalue weighted by atomic mass is 10.3. The van der Waals surface area contributed by atoms with Gasteiger partial charge in [-0.15, -0.1) is 0 Å². The van der Waals surface area contributed by atoms with E-state index >= 15 is 0 Å². The van der Waals surface area contributed by atoms with Gasteiger partial charge in [-0.3, -0.25) is 14.9 Å². The third-order valence-electron chi connectivity index (χ3n) is 3.40. The molecule has 1 aromatic carbocycles. The van der Waals surface area contributed by atoms with Crippen LogP contribution in [-0.4, -0.2) is 53.4 Å². The van der Waals surface area contributed by atoms with Crippen molar-refractivity contribution in [2.75, 3.05) is 26.7 Å². The molecule has 0 radical (unpaired) electrons. The molecule has 1 heterocycles. The molecule has 22 heavy (non-hydrogen) atoms. The molecule has 2 rings (SSSR count). The molecule has 8 nitrogen and oxygen atoms in total. The highest BCUT2D eigenvalue weighted by atomic mass is 16.6. The molecule has 2 amide bonds. The summed E-state index contributed by atoms with van der Waals surface area (Å²) in [5.74, 6) is 0.0803. The average molecular weight is 307 g/mol. The van der Waals surface area contributed by atoms with Crippen LogP contribution in [0.25, 0.3) is 0 Å². The second kappa shape index (κ2) is 6.88. The first-order valence-corrected chi connectivity index (χ1v) is 6.92. The predicted octanol–water partition coefficient (Wildman–Crippen LogP) is 1.65. The monoisotopic (exact) mass is 307 g/mol. The number of ether oxygens (including phenoxy) is 1. The molecule has 0 unspecified atom stereocenters. The van der Waals surface area contributed by atoms with Gasteiger partial charge in [0.15, 0.2) is 0 Å². The van der Waals surface area contributed by atoms with Crippen LogP contribution in [0, 0.1) is 10.1 Å². The molecule has 0 N–H and O–H groups in total. The topological polar surface area (TPSA) is 93.0 Å². The van der Waals surface area contributed by atoms with Crippen molar-refractivity contribution in [3.05, 3.63) is 34.4 Å². The van der Waals surface area contributed by atoms with E-state index in [9.17, 15) is 19.7 Å². The normalized spacial score (nSPS) is 13.8. The summed E-state index contributed by atoms with van der Waals surface area (Å²) < 4.78 is 5.07. The lowest BCUT2D eigenvalue weighted by molar-refractivity contribution is -0.384. The highest BCUT2D eigenvalue weighted by molar-refractivity contribution is 5.83. The Labute approximate surface area is 127 Å². The van der Waals surface area contributed by atoms with Crippen LogP contribution in [0.5, 0.6) is 5.75 Å². The highest BCUT2D eigenvalue weighted by Gasteiger charge is 2.22. The zero-order valence-electron chi connectivity index (χ0n) is 12.2. The summed E-state index contributed by atoms with van der Waals surface area (Å²) in [7, 11) is 1.47. The first kappa shape index (κ1) is 15.7. The number of nitro benzene ring substituents is 1. The van der Waals surface area contributed by atoms with E-state index in [1.165, 1.54) is 36.2 Å². The number of carbonyl (C=O) groups is 2. The first-order chi connectivity index (χ1) is 10.5. The van der Waals surface area contributed by atoms with Crippen molar-refractivity contribution in [3.8, 4) is 5.75 Å². The predicted molar refractivity (Wildman–Crippen MR) is 77.6 cm³/mol. The summed E-state index contributed by atoms with van der Waals surface area (Å²) in [6.45, 7) is 1.40. The van der Waals surface area contributed by atoms with Crippen LogP contribution in [-0.2, 0) is 4.79 Å². The Morgan fingerprint density at radius 1 is 1.27 bits per heavy atom. The molecule has 118 valence electrons. The number of non-ortho nitro benzene ring substituents is 1. The van der Waals surface area contributed by atoms with Crippen molar-refractivity contribution >= 4 is 17.7 Å². The van der Waals surface area contributed by atoms with E-state index in [1.54, 1.807) is 4.90 Å². The quantitative estimate of drug-likeness (QED) is 0.623. The Bertz CT molecular complexity index is 566. The lowest BCUT2D eigenvalue weighted by Crippen LogP contribution is -2.40. The van der Waals surface area contributed by atoms with Crippen molar-refractivity contribution in [2.45, 2.75) is 12.8 Å². The minimum Gasteiger partial charge on any atom is -0.410 e. The summed E-state index contributed by atoms with van der Waals surface area (Å²) in [5, 5.41) is 10.5. The van der Waals surface area contributed by atoms with Crippen LogP contribution in [0.15, 0.2) is 24.3 Å². The van der Waals surface area contributed by atoms with Gasteiger partial charge in [-0.05, 0) is 25.0 Å². The van der Waals surface area contributed by atoms with E-state index in [1.807, 2.05) is 0 Å². The van der Waals surface area contributed by atoms with E-state index in [4.69, 9.17) is 4.74 Å². The van der Waals surface area contributed by atoms with Gasteiger partial charge in [0, 0.05) is 32.3 Å². The van der Waals surface area contributed by atoms with Gasteiger partial charge in [0.1, 0.15) is 12.3 Å². The number of hydrogen-bond donors (Lipinski definition) is 0. The van der Waals surface area contributed by atoms with Crippen molar-refractivity contribution in [1.82, 2.24) is 9.80 Å². The van der Waals surface area contributed by atoms with Gasteiger partial charge in [-0.1, -0.05) is 0 Å². The van der Waals surface area contributed by atoms with Gasteiger partial charge in [0.2, 0.25) is 5.91 Å². The number of carbonyl (C=O) groups excluding carboxylic acids is 2. The zero-order chi connectivity index (χ0) is 16.1. The summed E-state index contributed by atoms with van der Waals surface area (Å²) in [6.07, 6.45) is 1.30. The molecule has 0 saturated carbocycles. The van der Waals surface area contributed by atoms with Crippen LogP contribution in [0.3, 0.4) is 0 Å². The standard InChI is InChI=1S/C14H17N3O5/c1-15(10-13(18)16-8-2-3-9-16)14(19)22-12-6-4-11(5-7-12)17(20)21/h4-7H,2-3,8-10H2,1H3. The average Bonchev–Trinajstić information content (AvgIpc) is 3.02. The molecule has 0 spiro atoms. The Morgan fingerprint density at radius 3 is 2.41 bits per heavy atom. The maximum Gasteiger partial charge on any atom is 0.415 e. The van der Waals surface area contributed by atoms with E-state index in [2.05, 4.69) is 0 Å². The van der Waals surface area contributed by atoms with Gasteiger partial charge in [-0.25, -0.2) is 4.79 Å². The molecule has 1 saturated heterocycles. The fourth-order valence-corrected chi connectivity index (χ4v) is 2.15. The number of nitrogens with zero attached hydrogens (tertiary/aromatic N) is 3. The zero-order valence-corrected chi connectivity index (χ0v) is 12.2. The van der Waals surface area contributed by atoms with Crippen LogP contribution >= 0.6 is 0 Å². The number of benzene rings is 1. The van der Waals surface area contributed by atoms with Crippen LogP contribution in [0.4, 0.5) is 10.5 Å². The molecule has 0 atom stereocenters. The lowest BCUT2D eigenvalue weighted by Gasteiger charge is -2.20. The number of rotatable bonds is 4. The Balaban J connectivity index is 1.87. The molecule has 1 aliphatic heterocycles. The molecule has 1 aliphatic rings. The Hall–Kier alpha value is -2.64. The number of hydrogen-bond acceptors (Lipinski definition) is 5. The van der Waals surface area contributed by atoms with E-state index in [0.29, 0.717) is 0 Å². The summed E-state index contributed by atoms with van der Waals surface area (Å²) in [6, 6.07) is 5.17. The summed E-state index contributed by atoms with van der Waals surface area (Å²) >= 11 is 0. The molecule has 1 aromatic rings. The fourth-order valence-electron chi connectivity index (χ4n) is 2.15. The van der Waals surface area contributed by atoms with Crippen LogP contribution < -0.4 is 4.74 Å². The summed E-state index contributed by atoms with van der Waals surface area (Å²) in [5.41, 5.74) is -0.0858. The van der Waals surface area contributed by atoms with Gasteiger partial charge in [-0.2, -0.15) is 0 Å². The van der Waals surface area contributed by atoms with E-state index in [0.717, 1.165) is 25.9 Å².